The fourth-order valence-electron chi connectivity index (χ4n) is 1.32. The minimum Gasteiger partial charge on any atom is -0.481 e. The van der Waals surface area contributed by atoms with E-state index in [9.17, 15) is 0 Å². The Balaban J connectivity index is 1.89. The van der Waals surface area contributed by atoms with Gasteiger partial charge in [-0.3, -0.25) is 0 Å². The van der Waals surface area contributed by atoms with Crippen molar-refractivity contribution in [3.05, 3.63) is 23.9 Å². The topological polar surface area (TPSA) is 34.1 Å². The summed E-state index contributed by atoms with van der Waals surface area (Å²) in [7, 11) is 1.63. The zero-order valence-corrected chi connectivity index (χ0v) is 8.71. The molecular weight excluding hydrogens is 176 g/mol. The molecular formula is C11H16N2O. The molecule has 14 heavy (non-hydrogen) atoms. The van der Waals surface area contributed by atoms with Crippen LogP contribution >= 0.6 is 0 Å². The van der Waals surface area contributed by atoms with Gasteiger partial charge in [0.05, 0.1) is 7.11 Å². The number of methoxy groups -OCH3 is 1. The van der Waals surface area contributed by atoms with Crippen LogP contribution in [0.1, 0.15) is 25.3 Å². The van der Waals surface area contributed by atoms with Gasteiger partial charge in [-0.15, -0.1) is 0 Å². The third kappa shape index (κ3) is 2.23. The van der Waals surface area contributed by atoms with Gasteiger partial charge in [0.1, 0.15) is 0 Å². The molecule has 0 spiro atoms. The van der Waals surface area contributed by atoms with Crippen LogP contribution in [-0.4, -0.2) is 17.6 Å². The third-order valence-corrected chi connectivity index (χ3v) is 2.73. The van der Waals surface area contributed by atoms with Crippen molar-refractivity contribution in [2.75, 3.05) is 7.11 Å². The summed E-state index contributed by atoms with van der Waals surface area (Å²) in [5.74, 6) is 0.673. The fourth-order valence-corrected chi connectivity index (χ4v) is 1.32. The van der Waals surface area contributed by atoms with E-state index in [4.69, 9.17) is 4.74 Å². The van der Waals surface area contributed by atoms with Crippen LogP contribution in [0.5, 0.6) is 5.88 Å². The van der Waals surface area contributed by atoms with Crippen molar-refractivity contribution in [3.63, 3.8) is 0 Å². The first kappa shape index (κ1) is 9.46. The van der Waals surface area contributed by atoms with Crippen LogP contribution in [0.4, 0.5) is 0 Å². The lowest BCUT2D eigenvalue weighted by molar-refractivity contribution is 0.397. The van der Waals surface area contributed by atoms with Gasteiger partial charge in [-0.2, -0.15) is 0 Å². The van der Waals surface area contributed by atoms with E-state index in [2.05, 4.69) is 17.2 Å². The largest absolute Gasteiger partial charge is 0.481 e. The van der Waals surface area contributed by atoms with Gasteiger partial charge in [0.2, 0.25) is 5.88 Å². The molecule has 1 aromatic heterocycles. The molecule has 0 bridgehead atoms. The second-order valence-corrected chi connectivity index (χ2v) is 4.12. The van der Waals surface area contributed by atoms with Crippen molar-refractivity contribution in [1.82, 2.24) is 10.3 Å². The van der Waals surface area contributed by atoms with Gasteiger partial charge >= 0.3 is 0 Å². The van der Waals surface area contributed by atoms with Crippen LogP contribution in [-0.2, 0) is 6.54 Å². The smallest absolute Gasteiger partial charge is 0.212 e. The summed E-state index contributed by atoms with van der Waals surface area (Å²) in [5, 5.41) is 3.51. The molecule has 0 radical (unpaired) electrons. The highest BCUT2D eigenvalue weighted by molar-refractivity contribution is 5.18. The summed E-state index contributed by atoms with van der Waals surface area (Å²) in [6, 6.07) is 3.94. The predicted octanol–water partition coefficient (Wildman–Crippen LogP) is 1.73. The van der Waals surface area contributed by atoms with Gasteiger partial charge in [0.15, 0.2) is 0 Å². The number of nitrogens with zero attached hydrogens (tertiary/aromatic N) is 1. The van der Waals surface area contributed by atoms with Crippen molar-refractivity contribution in [3.8, 4) is 5.88 Å². The summed E-state index contributed by atoms with van der Waals surface area (Å²) in [5.41, 5.74) is 1.60. The zero-order chi connectivity index (χ0) is 10.0. The van der Waals surface area contributed by atoms with E-state index in [1.165, 1.54) is 18.4 Å². The van der Waals surface area contributed by atoms with E-state index in [-0.39, 0.29) is 0 Å². The number of aromatic nitrogens is 1. The molecule has 0 amide bonds. The van der Waals surface area contributed by atoms with E-state index in [1.54, 1.807) is 7.11 Å². The molecule has 0 atom stereocenters. The molecule has 0 aromatic carbocycles. The lowest BCUT2D eigenvalue weighted by Gasteiger charge is -2.10. The van der Waals surface area contributed by atoms with E-state index in [0.717, 1.165) is 6.54 Å². The molecule has 0 unspecified atom stereocenters. The number of pyridine rings is 1. The second kappa shape index (κ2) is 3.58. The molecule has 0 aliphatic heterocycles. The van der Waals surface area contributed by atoms with Crippen molar-refractivity contribution >= 4 is 0 Å². The Morgan fingerprint density at radius 2 is 2.29 bits per heavy atom. The van der Waals surface area contributed by atoms with E-state index < -0.39 is 0 Å². The molecule has 76 valence electrons. The molecule has 3 nitrogen and oxygen atoms in total. The highest BCUT2D eigenvalue weighted by atomic mass is 16.5. The molecule has 1 aliphatic rings. The van der Waals surface area contributed by atoms with Gasteiger partial charge in [-0.1, -0.05) is 6.07 Å². The number of ether oxygens (including phenoxy) is 1. The minimum atomic E-state index is 0.389. The van der Waals surface area contributed by atoms with Crippen LogP contribution in [0.25, 0.3) is 0 Å². The molecule has 1 heterocycles. The van der Waals surface area contributed by atoms with Crippen molar-refractivity contribution in [2.45, 2.75) is 31.8 Å². The van der Waals surface area contributed by atoms with Gasteiger partial charge in [0, 0.05) is 24.3 Å². The standard InChI is InChI=1S/C11H16N2O/c1-11(5-6-11)13-8-9-3-4-10(14-2)12-7-9/h3-4,7,13H,5-6,8H2,1-2H3. The molecule has 1 N–H and O–H groups in total. The zero-order valence-electron chi connectivity index (χ0n) is 8.71. The average Bonchev–Trinajstić information content (AvgIpc) is 2.95. The number of rotatable bonds is 4. The molecule has 1 aromatic rings. The Morgan fingerprint density at radius 1 is 1.50 bits per heavy atom. The lowest BCUT2D eigenvalue weighted by Crippen LogP contribution is -2.26. The molecule has 2 rings (SSSR count). The van der Waals surface area contributed by atoms with Gasteiger partial charge in [-0.05, 0) is 25.3 Å². The number of nitrogens with one attached hydrogen (secondary N) is 1. The average molecular weight is 192 g/mol. The molecule has 1 aliphatic carbocycles. The maximum absolute atomic E-state index is 5.00. The number of hydrogen-bond donors (Lipinski definition) is 1. The third-order valence-electron chi connectivity index (χ3n) is 2.73. The SMILES string of the molecule is COc1ccc(CNC2(C)CC2)cn1. The van der Waals surface area contributed by atoms with Crippen molar-refractivity contribution < 1.29 is 4.74 Å². The fraction of sp³-hybridized carbons (Fsp3) is 0.545. The molecule has 1 saturated carbocycles. The summed E-state index contributed by atoms with van der Waals surface area (Å²) >= 11 is 0. The molecule has 1 fully saturated rings. The number of hydrogen-bond acceptors (Lipinski definition) is 3. The van der Waals surface area contributed by atoms with Crippen molar-refractivity contribution in [1.29, 1.82) is 0 Å². The van der Waals surface area contributed by atoms with Gasteiger partial charge < -0.3 is 10.1 Å². The minimum absolute atomic E-state index is 0.389. The quantitative estimate of drug-likeness (QED) is 0.789. The van der Waals surface area contributed by atoms with Crippen LogP contribution in [0.2, 0.25) is 0 Å². The maximum Gasteiger partial charge on any atom is 0.212 e. The summed E-state index contributed by atoms with van der Waals surface area (Å²) in [4.78, 5) is 4.16. The van der Waals surface area contributed by atoms with Gasteiger partial charge in [-0.25, -0.2) is 4.98 Å². The summed E-state index contributed by atoms with van der Waals surface area (Å²) in [6.07, 6.45) is 4.44. The summed E-state index contributed by atoms with van der Waals surface area (Å²) in [6.45, 7) is 3.15. The maximum atomic E-state index is 5.00. The van der Waals surface area contributed by atoms with Crippen LogP contribution in [0.3, 0.4) is 0 Å². The van der Waals surface area contributed by atoms with Crippen molar-refractivity contribution in [2.24, 2.45) is 0 Å². The normalized spacial score (nSPS) is 17.9. The Morgan fingerprint density at radius 3 is 2.79 bits per heavy atom. The first-order chi connectivity index (χ1) is 6.72. The van der Waals surface area contributed by atoms with Gasteiger partial charge in [0.25, 0.3) is 0 Å². The van der Waals surface area contributed by atoms with E-state index in [1.807, 2.05) is 18.3 Å². The lowest BCUT2D eigenvalue weighted by atomic mass is 10.2. The Labute approximate surface area is 84.5 Å². The second-order valence-electron chi connectivity index (χ2n) is 4.12. The predicted molar refractivity (Wildman–Crippen MR) is 55.3 cm³/mol. The van der Waals surface area contributed by atoms with E-state index in [0.29, 0.717) is 11.4 Å². The highest BCUT2D eigenvalue weighted by Gasteiger charge is 2.36. The first-order valence-electron chi connectivity index (χ1n) is 4.96. The molecule has 0 saturated heterocycles. The van der Waals surface area contributed by atoms with Crippen LogP contribution in [0, 0.1) is 0 Å². The monoisotopic (exact) mass is 192 g/mol. The van der Waals surface area contributed by atoms with Crippen LogP contribution < -0.4 is 10.1 Å². The first-order valence-corrected chi connectivity index (χ1v) is 4.96. The highest BCUT2D eigenvalue weighted by Crippen LogP contribution is 2.34. The Kier molecular flexibility index (Phi) is 2.42. The van der Waals surface area contributed by atoms with E-state index >= 15 is 0 Å². The summed E-state index contributed by atoms with van der Waals surface area (Å²) < 4.78 is 5.00. The Hall–Kier alpha value is -1.09. The Bertz CT molecular complexity index is 304. The van der Waals surface area contributed by atoms with Crippen LogP contribution in [0.15, 0.2) is 18.3 Å². The molecule has 3 heteroatoms.